The number of nitrogens with zero attached hydrogens (tertiary/aromatic N) is 3. The molecule has 0 radical (unpaired) electrons. The van der Waals surface area contributed by atoms with E-state index in [1.54, 1.807) is 30.8 Å². The molecule has 53 heavy (non-hydrogen) atoms. The number of ether oxygens (including phenoxy) is 2. The fourth-order valence-electron chi connectivity index (χ4n) is 7.51. The van der Waals surface area contributed by atoms with Crippen LogP contribution < -0.4 is 10.6 Å². The van der Waals surface area contributed by atoms with Gasteiger partial charge in [0.15, 0.2) is 0 Å². The number of benzene rings is 1. The number of halogens is 1. The van der Waals surface area contributed by atoms with E-state index in [9.17, 15) is 29.1 Å². The summed E-state index contributed by atoms with van der Waals surface area (Å²) in [5.41, 5.74) is 0.780. The van der Waals surface area contributed by atoms with Crippen molar-refractivity contribution >= 4 is 41.4 Å². The molecule has 0 aliphatic carbocycles. The highest BCUT2D eigenvalue weighted by Crippen LogP contribution is 2.30. The van der Waals surface area contributed by atoms with E-state index in [4.69, 9.17) is 21.3 Å². The molecule has 3 N–H and O–H groups in total. The van der Waals surface area contributed by atoms with Gasteiger partial charge in [-0.05, 0) is 47.9 Å². The van der Waals surface area contributed by atoms with Crippen LogP contribution >= 0.6 is 11.8 Å². The lowest BCUT2D eigenvalue weighted by molar-refractivity contribution is -0.148. The standard InChI is InChI=1S/C39H64ClN5O8/c1-12-25(6)34(43(8)38(49)32(23(2)3)42-37(48)33(24(4)5)44(9)40)30(52-10)22-31(46)45-20-16-19-29(45)35(53-11)26(7)36(47)41-28(39(50)51)21-27-17-14-13-15-18-27/h13-15,17-18,23-26,28-30,32-35H,12,16,19-22H2,1-11H3,(H,41,47)(H,42,48)(H,50,51)/t25-,26+,28-,29-,30+,32+,33-,34-,35+/m0/s1. The number of amides is 4. The Bertz CT molecular complexity index is 1340. The smallest absolute Gasteiger partial charge is 0.326 e. The van der Waals surface area contributed by atoms with Crippen LogP contribution in [-0.2, 0) is 39.9 Å². The van der Waals surface area contributed by atoms with Crippen molar-refractivity contribution in [1.29, 1.82) is 0 Å². The maximum absolute atomic E-state index is 14.2. The van der Waals surface area contributed by atoms with Gasteiger partial charge < -0.3 is 35.0 Å². The number of nitrogens with one attached hydrogen (secondary N) is 2. The third kappa shape index (κ3) is 12.4. The van der Waals surface area contributed by atoms with Gasteiger partial charge in [-0.25, -0.2) is 9.21 Å². The van der Waals surface area contributed by atoms with Gasteiger partial charge in [0.25, 0.3) is 0 Å². The number of hydrogen-bond donors (Lipinski definition) is 3. The quantitative estimate of drug-likeness (QED) is 0.158. The van der Waals surface area contributed by atoms with Gasteiger partial charge in [0.2, 0.25) is 23.6 Å². The zero-order chi connectivity index (χ0) is 40.2. The van der Waals surface area contributed by atoms with Crippen LogP contribution in [0.2, 0.25) is 0 Å². The Hall–Kier alpha value is -3.26. The molecular weight excluding hydrogens is 702 g/mol. The highest BCUT2D eigenvalue weighted by Gasteiger charge is 2.43. The lowest BCUT2D eigenvalue weighted by Crippen LogP contribution is -2.59. The number of carboxylic acid groups (broad SMARTS) is 1. The molecule has 13 nitrogen and oxygen atoms in total. The molecule has 0 spiro atoms. The molecule has 0 saturated carbocycles. The second kappa shape index (κ2) is 21.6. The van der Waals surface area contributed by atoms with Gasteiger partial charge in [-0.2, -0.15) is 0 Å². The molecule has 1 fully saturated rings. The number of likely N-dealkylation sites (N-methyl/N-ethyl adjacent to an activating group) is 2. The SMILES string of the molecule is CC[C@H](C)[C@@H]([C@@H](CC(=O)N1CCC[C@H]1[C@H](OC)[C@@H](C)C(=O)N[C@@H](Cc1ccccc1)C(=O)O)OC)N(C)C(=O)[C@H](NC(=O)[C@H](C(C)C)N(C)Cl)C(C)C. The first kappa shape index (κ1) is 45.9. The first-order valence-electron chi connectivity index (χ1n) is 18.8. The van der Waals surface area contributed by atoms with Gasteiger partial charge in [-0.15, -0.1) is 0 Å². The summed E-state index contributed by atoms with van der Waals surface area (Å²) in [7, 11) is 6.31. The predicted octanol–water partition coefficient (Wildman–Crippen LogP) is 3.97. The summed E-state index contributed by atoms with van der Waals surface area (Å²) in [5.74, 6) is -3.61. The average molecular weight is 766 g/mol. The first-order valence-corrected chi connectivity index (χ1v) is 19.1. The Labute approximate surface area is 321 Å². The van der Waals surface area contributed by atoms with Gasteiger partial charge in [0.05, 0.1) is 36.6 Å². The van der Waals surface area contributed by atoms with E-state index in [0.717, 1.165) is 5.56 Å². The molecular formula is C39H64ClN5O8. The molecule has 1 aromatic carbocycles. The molecule has 1 saturated heterocycles. The van der Waals surface area contributed by atoms with Gasteiger partial charge in [-0.1, -0.05) is 85.2 Å². The molecule has 2 rings (SSSR count). The summed E-state index contributed by atoms with van der Waals surface area (Å²) in [6, 6.07) is 5.54. The molecule has 1 heterocycles. The third-order valence-electron chi connectivity index (χ3n) is 10.7. The second-order valence-electron chi connectivity index (χ2n) is 15.1. The van der Waals surface area contributed by atoms with Gasteiger partial charge in [0.1, 0.15) is 18.1 Å². The number of carboxylic acids is 1. The predicted molar refractivity (Wildman–Crippen MR) is 205 cm³/mol. The Morgan fingerprint density at radius 2 is 1.57 bits per heavy atom. The lowest BCUT2D eigenvalue weighted by Gasteiger charge is -2.41. The number of likely N-dealkylation sites (tertiary alicyclic amines) is 1. The molecule has 1 aliphatic rings. The Balaban J connectivity index is 2.27. The highest BCUT2D eigenvalue weighted by atomic mass is 35.5. The minimum absolute atomic E-state index is 0.0278. The maximum atomic E-state index is 14.2. The fraction of sp³-hybridized carbons (Fsp3) is 0.718. The summed E-state index contributed by atoms with van der Waals surface area (Å²) >= 11 is 6.22. The van der Waals surface area contributed by atoms with Gasteiger partial charge in [0, 0.05) is 41.3 Å². The monoisotopic (exact) mass is 765 g/mol. The Morgan fingerprint density at radius 3 is 2.06 bits per heavy atom. The number of aliphatic carboxylic acids is 1. The van der Waals surface area contributed by atoms with Crippen molar-refractivity contribution in [3.63, 3.8) is 0 Å². The normalized spacial score (nSPS) is 19.2. The molecule has 1 aliphatic heterocycles. The molecule has 0 unspecified atom stereocenters. The second-order valence-corrected chi connectivity index (χ2v) is 15.7. The zero-order valence-electron chi connectivity index (χ0n) is 33.5. The van der Waals surface area contributed by atoms with Crippen LogP contribution in [0.15, 0.2) is 30.3 Å². The van der Waals surface area contributed by atoms with E-state index >= 15 is 0 Å². The van der Waals surface area contributed by atoms with E-state index in [2.05, 4.69) is 10.6 Å². The molecule has 0 aromatic heterocycles. The Morgan fingerprint density at radius 1 is 0.943 bits per heavy atom. The largest absolute Gasteiger partial charge is 0.480 e. The number of carbonyl (C=O) groups excluding carboxylic acids is 4. The fourth-order valence-corrected chi connectivity index (χ4v) is 7.82. The molecule has 9 atom stereocenters. The van der Waals surface area contributed by atoms with Crippen molar-refractivity contribution in [2.45, 2.75) is 123 Å². The van der Waals surface area contributed by atoms with Crippen LogP contribution in [-0.4, -0.2) is 126 Å². The van der Waals surface area contributed by atoms with Gasteiger partial charge in [-0.3, -0.25) is 19.2 Å². The molecule has 4 amide bonds. The van der Waals surface area contributed by atoms with Crippen LogP contribution in [0.3, 0.4) is 0 Å². The van der Waals surface area contributed by atoms with Crippen molar-refractivity contribution in [3.05, 3.63) is 35.9 Å². The van der Waals surface area contributed by atoms with E-state index in [1.165, 1.54) is 18.6 Å². The first-order chi connectivity index (χ1) is 24.9. The summed E-state index contributed by atoms with van der Waals surface area (Å²) in [4.78, 5) is 70.5. The van der Waals surface area contributed by atoms with Crippen LogP contribution in [0.5, 0.6) is 0 Å². The molecule has 300 valence electrons. The van der Waals surface area contributed by atoms with Gasteiger partial charge >= 0.3 is 5.97 Å². The summed E-state index contributed by atoms with van der Waals surface area (Å²) in [6.45, 7) is 13.7. The van der Waals surface area contributed by atoms with Crippen molar-refractivity contribution in [1.82, 2.24) is 24.9 Å². The van der Waals surface area contributed by atoms with E-state index in [-0.39, 0.29) is 48.3 Å². The van der Waals surface area contributed by atoms with Crippen molar-refractivity contribution in [2.24, 2.45) is 23.7 Å². The molecule has 1 aromatic rings. The summed E-state index contributed by atoms with van der Waals surface area (Å²) < 4.78 is 13.2. The minimum Gasteiger partial charge on any atom is -0.480 e. The number of carbonyl (C=O) groups is 5. The van der Waals surface area contributed by atoms with Crippen LogP contribution in [0, 0.1) is 23.7 Å². The third-order valence-corrected chi connectivity index (χ3v) is 10.9. The summed E-state index contributed by atoms with van der Waals surface area (Å²) in [5, 5.41) is 15.5. The van der Waals surface area contributed by atoms with Crippen LogP contribution in [0.25, 0.3) is 0 Å². The average Bonchev–Trinajstić information content (AvgIpc) is 3.59. The van der Waals surface area contributed by atoms with Crippen molar-refractivity contribution in [2.75, 3.05) is 34.9 Å². The van der Waals surface area contributed by atoms with Crippen molar-refractivity contribution in [3.8, 4) is 0 Å². The van der Waals surface area contributed by atoms with Crippen LogP contribution in [0.4, 0.5) is 0 Å². The molecule has 14 heteroatoms. The molecule has 0 bridgehead atoms. The zero-order valence-corrected chi connectivity index (χ0v) is 34.3. The lowest BCUT2D eigenvalue weighted by atomic mass is 9.89. The van der Waals surface area contributed by atoms with Crippen molar-refractivity contribution < 1.29 is 38.6 Å². The topological polar surface area (TPSA) is 158 Å². The minimum atomic E-state index is -1.14. The maximum Gasteiger partial charge on any atom is 0.326 e. The highest BCUT2D eigenvalue weighted by molar-refractivity contribution is 6.15. The number of hydrogen-bond acceptors (Lipinski definition) is 8. The number of methoxy groups -OCH3 is 2. The Kier molecular flexibility index (Phi) is 18.7. The van der Waals surface area contributed by atoms with E-state index < -0.39 is 60.2 Å². The van der Waals surface area contributed by atoms with E-state index in [0.29, 0.717) is 25.8 Å². The van der Waals surface area contributed by atoms with E-state index in [1.807, 2.05) is 71.9 Å². The summed E-state index contributed by atoms with van der Waals surface area (Å²) in [6.07, 6.45) is 0.731. The number of rotatable bonds is 21. The van der Waals surface area contributed by atoms with Crippen LogP contribution in [0.1, 0.15) is 79.7 Å².